The van der Waals surface area contributed by atoms with Crippen molar-refractivity contribution in [2.24, 2.45) is 0 Å². The second kappa shape index (κ2) is 5.56. The molecular weight excluding hydrogens is 226 g/mol. The second-order valence-corrected chi connectivity index (χ2v) is 4.08. The first kappa shape index (κ1) is 12.5. The van der Waals surface area contributed by atoms with Crippen LogP contribution in [0.1, 0.15) is 0 Å². The van der Waals surface area contributed by atoms with Crippen LogP contribution in [-0.4, -0.2) is 21.3 Å². The highest BCUT2D eigenvalue weighted by molar-refractivity contribution is 5.42. The molecule has 18 heavy (non-hydrogen) atoms. The van der Waals surface area contributed by atoms with Crippen molar-refractivity contribution in [1.29, 1.82) is 0 Å². The van der Waals surface area contributed by atoms with Crippen LogP contribution in [-0.2, 0) is 0 Å². The van der Waals surface area contributed by atoms with E-state index >= 15 is 0 Å². The minimum Gasteiger partial charge on any atom is -0.497 e. The minimum absolute atomic E-state index is 0.876. The van der Waals surface area contributed by atoms with Crippen molar-refractivity contribution in [2.75, 3.05) is 21.3 Å². The van der Waals surface area contributed by atoms with Gasteiger partial charge in [-0.1, -0.05) is 0 Å². The molecule has 2 aromatic carbocycles. The summed E-state index contributed by atoms with van der Waals surface area (Å²) >= 11 is 0. The molecule has 0 unspecified atom stereocenters. The van der Waals surface area contributed by atoms with Gasteiger partial charge >= 0.3 is 0 Å². The monoisotopic (exact) mass is 244 g/mol. The summed E-state index contributed by atoms with van der Waals surface area (Å²) in [5, 5.41) is 0. The number of nitrogens with one attached hydrogen (secondary N) is 1. The molecule has 0 spiro atoms. The van der Waals surface area contributed by atoms with E-state index in [0.29, 0.717) is 0 Å². The standard InChI is InChI=1S/C15H17NO2/c1-16(12-4-8-14(17-2)9-5-12)13-6-10-15(18-3)11-7-13/h4-11H,1-3H3/p+1. The quantitative estimate of drug-likeness (QED) is 0.891. The summed E-state index contributed by atoms with van der Waals surface area (Å²) in [7, 11) is 5.47. The maximum Gasteiger partial charge on any atom is 0.136 e. The van der Waals surface area contributed by atoms with Crippen molar-refractivity contribution in [3.05, 3.63) is 48.5 Å². The Labute approximate surface area is 108 Å². The largest absolute Gasteiger partial charge is 0.497 e. The molecular formula is C15H18NO2+. The van der Waals surface area contributed by atoms with Crippen molar-refractivity contribution in [3.8, 4) is 11.5 Å². The Bertz CT molecular complexity index is 443. The molecule has 0 saturated heterocycles. The molecule has 0 aromatic heterocycles. The zero-order valence-corrected chi connectivity index (χ0v) is 10.9. The summed E-state index contributed by atoms with van der Waals surface area (Å²) in [6.07, 6.45) is 0. The van der Waals surface area contributed by atoms with E-state index in [0.717, 1.165) is 11.5 Å². The van der Waals surface area contributed by atoms with E-state index in [4.69, 9.17) is 9.47 Å². The lowest BCUT2D eigenvalue weighted by Crippen LogP contribution is -2.98. The van der Waals surface area contributed by atoms with Gasteiger partial charge in [0.25, 0.3) is 0 Å². The van der Waals surface area contributed by atoms with Crippen LogP contribution in [0, 0.1) is 0 Å². The molecule has 0 bridgehead atoms. The van der Waals surface area contributed by atoms with Gasteiger partial charge in [0.15, 0.2) is 0 Å². The van der Waals surface area contributed by atoms with Crippen LogP contribution in [0.25, 0.3) is 0 Å². The normalized spacial score (nSPS) is 10.4. The van der Waals surface area contributed by atoms with Gasteiger partial charge in [-0.2, -0.15) is 0 Å². The van der Waals surface area contributed by atoms with Crippen LogP contribution in [0.4, 0.5) is 11.4 Å². The molecule has 0 amide bonds. The van der Waals surface area contributed by atoms with Crippen molar-refractivity contribution in [1.82, 2.24) is 0 Å². The second-order valence-electron chi connectivity index (χ2n) is 4.08. The zero-order chi connectivity index (χ0) is 13.0. The fraction of sp³-hybridized carbons (Fsp3) is 0.200. The SMILES string of the molecule is COc1ccc([NH+](C)c2ccc(OC)cc2)cc1. The number of rotatable bonds is 4. The van der Waals surface area contributed by atoms with E-state index in [2.05, 4.69) is 31.3 Å². The summed E-state index contributed by atoms with van der Waals surface area (Å²) < 4.78 is 10.3. The van der Waals surface area contributed by atoms with E-state index in [1.54, 1.807) is 14.2 Å². The molecule has 2 aromatic rings. The molecule has 1 N–H and O–H groups in total. The molecule has 0 atom stereocenters. The van der Waals surface area contributed by atoms with Gasteiger partial charge in [-0.15, -0.1) is 0 Å². The molecule has 0 heterocycles. The molecule has 0 aliphatic heterocycles. The number of benzene rings is 2. The van der Waals surface area contributed by atoms with Gasteiger partial charge in [-0.25, -0.2) is 0 Å². The van der Waals surface area contributed by atoms with Gasteiger partial charge in [0.1, 0.15) is 22.9 Å². The van der Waals surface area contributed by atoms with Crippen molar-refractivity contribution in [2.45, 2.75) is 0 Å². The van der Waals surface area contributed by atoms with Crippen LogP contribution in [0.2, 0.25) is 0 Å². The third-order valence-electron chi connectivity index (χ3n) is 3.05. The summed E-state index contributed by atoms with van der Waals surface area (Å²) in [5.41, 5.74) is 2.39. The van der Waals surface area contributed by atoms with Crippen LogP contribution in [0.5, 0.6) is 11.5 Å². The zero-order valence-electron chi connectivity index (χ0n) is 10.9. The number of ether oxygens (including phenoxy) is 2. The molecule has 0 aliphatic rings. The summed E-state index contributed by atoms with van der Waals surface area (Å²) in [4.78, 5) is 1.24. The van der Waals surface area contributed by atoms with Crippen LogP contribution >= 0.6 is 0 Å². The Balaban J connectivity index is 2.20. The summed E-state index contributed by atoms with van der Waals surface area (Å²) in [6, 6.07) is 16.2. The van der Waals surface area contributed by atoms with Gasteiger partial charge in [0, 0.05) is 24.3 Å². The van der Waals surface area contributed by atoms with Gasteiger partial charge in [0.2, 0.25) is 0 Å². The fourth-order valence-electron chi connectivity index (χ4n) is 1.85. The van der Waals surface area contributed by atoms with Gasteiger partial charge in [-0.05, 0) is 24.3 Å². The van der Waals surface area contributed by atoms with E-state index in [9.17, 15) is 0 Å². The number of hydrogen-bond donors (Lipinski definition) is 1. The Hall–Kier alpha value is -2.00. The first-order chi connectivity index (χ1) is 8.74. The van der Waals surface area contributed by atoms with E-state index in [-0.39, 0.29) is 0 Å². The van der Waals surface area contributed by atoms with E-state index < -0.39 is 0 Å². The molecule has 2 rings (SSSR count). The maximum atomic E-state index is 5.16. The third-order valence-corrected chi connectivity index (χ3v) is 3.05. The summed E-state index contributed by atoms with van der Waals surface area (Å²) in [6.45, 7) is 0. The smallest absolute Gasteiger partial charge is 0.136 e. The first-order valence-corrected chi connectivity index (χ1v) is 5.87. The third kappa shape index (κ3) is 2.63. The van der Waals surface area contributed by atoms with Crippen LogP contribution in [0.15, 0.2) is 48.5 Å². The van der Waals surface area contributed by atoms with Crippen LogP contribution < -0.4 is 14.4 Å². The van der Waals surface area contributed by atoms with Crippen LogP contribution in [0.3, 0.4) is 0 Å². The predicted octanol–water partition coefficient (Wildman–Crippen LogP) is 2.18. The fourth-order valence-corrected chi connectivity index (χ4v) is 1.85. The lowest BCUT2D eigenvalue weighted by atomic mass is 10.2. The van der Waals surface area contributed by atoms with Crippen molar-refractivity contribution < 1.29 is 14.4 Å². The highest BCUT2D eigenvalue weighted by Crippen LogP contribution is 2.16. The average molecular weight is 244 g/mol. The lowest BCUT2D eigenvalue weighted by Gasteiger charge is -2.13. The maximum absolute atomic E-state index is 5.16. The molecule has 3 nitrogen and oxygen atoms in total. The Morgan fingerprint density at radius 3 is 1.28 bits per heavy atom. The predicted molar refractivity (Wildman–Crippen MR) is 72.2 cm³/mol. The molecule has 0 fully saturated rings. The number of hydrogen-bond acceptors (Lipinski definition) is 2. The number of methoxy groups -OCH3 is 2. The highest BCUT2D eigenvalue weighted by Gasteiger charge is 2.09. The average Bonchev–Trinajstić information content (AvgIpc) is 2.47. The lowest BCUT2D eigenvalue weighted by molar-refractivity contribution is -0.735. The van der Waals surface area contributed by atoms with Gasteiger partial charge in [-0.3, -0.25) is 4.90 Å². The minimum atomic E-state index is 0.876. The Kier molecular flexibility index (Phi) is 3.85. The summed E-state index contributed by atoms with van der Waals surface area (Å²) in [5.74, 6) is 1.75. The van der Waals surface area contributed by atoms with Gasteiger partial charge < -0.3 is 9.47 Å². The molecule has 0 radical (unpaired) electrons. The molecule has 0 aliphatic carbocycles. The first-order valence-electron chi connectivity index (χ1n) is 5.87. The molecule has 3 heteroatoms. The van der Waals surface area contributed by atoms with E-state index in [1.165, 1.54) is 16.3 Å². The van der Waals surface area contributed by atoms with E-state index in [1.807, 2.05) is 24.3 Å². The molecule has 94 valence electrons. The molecule has 0 saturated carbocycles. The Morgan fingerprint density at radius 2 is 1.00 bits per heavy atom. The Morgan fingerprint density at radius 1 is 0.667 bits per heavy atom. The highest BCUT2D eigenvalue weighted by atomic mass is 16.5. The van der Waals surface area contributed by atoms with Crippen molar-refractivity contribution >= 4 is 11.4 Å². The topological polar surface area (TPSA) is 22.9 Å². The number of quaternary nitrogens is 1. The van der Waals surface area contributed by atoms with Crippen molar-refractivity contribution in [3.63, 3.8) is 0 Å². The van der Waals surface area contributed by atoms with Gasteiger partial charge in [0.05, 0.1) is 21.3 Å².